The van der Waals surface area contributed by atoms with E-state index in [1.54, 1.807) is 19.0 Å². The number of nitrogens with one attached hydrogen (secondary N) is 1. The number of nitrogens with two attached hydrogens (primary N) is 1. The topological polar surface area (TPSA) is 250 Å². The van der Waals surface area contributed by atoms with Crippen molar-refractivity contribution in [2.45, 2.75) is 76.4 Å². The van der Waals surface area contributed by atoms with E-state index in [0.29, 0.717) is 36.9 Å². The van der Waals surface area contributed by atoms with Crippen LogP contribution < -0.4 is 16.0 Å². The molecule has 55 heavy (non-hydrogen) atoms. The van der Waals surface area contributed by atoms with Gasteiger partial charge in [0.1, 0.15) is 29.4 Å². The number of primary amides is 1. The normalized spacial score (nSPS) is 23.8. The molecular formula is C38H51N5O12. The van der Waals surface area contributed by atoms with Crippen molar-refractivity contribution in [2.75, 3.05) is 58.3 Å². The third-order valence-electron chi connectivity index (χ3n) is 11.1. The Morgan fingerprint density at radius 2 is 1.69 bits per heavy atom. The maximum absolute atomic E-state index is 14.3. The molecule has 0 radical (unpaired) electrons. The van der Waals surface area contributed by atoms with Gasteiger partial charge in [-0.2, -0.15) is 0 Å². The highest BCUT2D eigenvalue weighted by Gasteiger charge is 2.64. The lowest BCUT2D eigenvalue weighted by Crippen LogP contribution is -2.65. The second-order valence-corrected chi connectivity index (χ2v) is 15.2. The number of carbonyl (C=O) groups is 6. The van der Waals surface area contributed by atoms with Crippen molar-refractivity contribution < 1.29 is 58.7 Å². The summed E-state index contributed by atoms with van der Waals surface area (Å²) in [7, 11) is 6.43. The molecule has 0 bridgehead atoms. The lowest BCUT2D eigenvalue weighted by molar-refractivity contribution is -0.158. The van der Waals surface area contributed by atoms with Gasteiger partial charge in [-0.3, -0.25) is 33.8 Å². The molecule has 4 aliphatic rings. The van der Waals surface area contributed by atoms with E-state index in [1.807, 2.05) is 6.92 Å². The van der Waals surface area contributed by atoms with E-state index >= 15 is 0 Å². The number of rotatable bonds is 12. The minimum Gasteiger partial charge on any atom is -0.508 e. The number of fused-ring (bicyclic) bond motifs is 3. The molecule has 2 saturated carbocycles. The number of anilines is 2. The number of carbonyl (C=O) groups excluding carboxylic acids is 6. The third-order valence-corrected chi connectivity index (χ3v) is 11.1. The van der Waals surface area contributed by atoms with Gasteiger partial charge in [0.05, 0.1) is 23.2 Å². The molecule has 0 aromatic heterocycles. The summed E-state index contributed by atoms with van der Waals surface area (Å²) < 4.78 is 10.4. The van der Waals surface area contributed by atoms with Crippen molar-refractivity contribution >= 4 is 52.6 Å². The Bertz CT molecular complexity index is 1830. The zero-order valence-electron chi connectivity index (χ0n) is 31.8. The molecule has 0 aliphatic heterocycles. The minimum absolute atomic E-state index is 0.0474. The summed E-state index contributed by atoms with van der Waals surface area (Å²) in [4.78, 5) is 83.0. The van der Waals surface area contributed by atoms with Crippen LogP contribution in [0.2, 0.25) is 0 Å². The molecule has 3 amide bonds. The SMILES string of the molecule is CCCCN(CC(=O)Nc1cc(N(C)C)c2c(c1O)C(O)=C1C(=O)[C@]3(O)C(O)=C(C(N)=O)C(=O)[C@@H](N(C)C)C3CC1C2)C(=O)OCOC(=O)C1CCCCC1. The van der Waals surface area contributed by atoms with Gasteiger partial charge < -0.3 is 45.9 Å². The predicted octanol–water partition coefficient (Wildman–Crippen LogP) is 2.29. The molecule has 1 aromatic rings. The Morgan fingerprint density at radius 1 is 1.02 bits per heavy atom. The molecule has 300 valence electrons. The van der Waals surface area contributed by atoms with Gasteiger partial charge in [0.15, 0.2) is 11.4 Å². The first-order chi connectivity index (χ1) is 25.9. The highest BCUT2D eigenvalue weighted by molar-refractivity contribution is 6.24. The summed E-state index contributed by atoms with van der Waals surface area (Å²) in [5.41, 5.74) is 1.83. The molecule has 0 saturated heterocycles. The summed E-state index contributed by atoms with van der Waals surface area (Å²) in [5, 5.41) is 49.0. The smallest absolute Gasteiger partial charge is 0.413 e. The van der Waals surface area contributed by atoms with Gasteiger partial charge in [0.25, 0.3) is 5.91 Å². The Balaban J connectivity index is 1.43. The third kappa shape index (κ3) is 7.59. The van der Waals surface area contributed by atoms with Gasteiger partial charge in [-0.25, -0.2) is 4.79 Å². The van der Waals surface area contributed by atoms with Crippen molar-refractivity contribution in [3.8, 4) is 5.75 Å². The van der Waals surface area contributed by atoms with Crippen molar-refractivity contribution in [1.82, 2.24) is 9.80 Å². The van der Waals surface area contributed by atoms with Crippen molar-refractivity contribution in [2.24, 2.45) is 23.5 Å². The van der Waals surface area contributed by atoms with E-state index in [4.69, 9.17) is 15.2 Å². The number of aliphatic hydroxyl groups is 3. The first kappa shape index (κ1) is 41.0. The number of likely N-dealkylation sites (N-methyl/N-ethyl adjacent to an activating group) is 1. The Hall–Kier alpha value is -5.16. The number of ether oxygens (including phenoxy) is 2. The summed E-state index contributed by atoms with van der Waals surface area (Å²) in [6.45, 7) is 0.916. The van der Waals surface area contributed by atoms with Crippen LogP contribution in [0.3, 0.4) is 0 Å². The predicted molar refractivity (Wildman–Crippen MR) is 198 cm³/mol. The maximum atomic E-state index is 14.3. The van der Waals surface area contributed by atoms with Gasteiger partial charge >= 0.3 is 12.1 Å². The van der Waals surface area contributed by atoms with Crippen LogP contribution in [0.1, 0.15) is 69.4 Å². The molecule has 1 aromatic carbocycles. The van der Waals surface area contributed by atoms with Crippen LogP contribution in [0.4, 0.5) is 16.2 Å². The molecule has 7 N–H and O–H groups in total. The highest BCUT2D eigenvalue weighted by atomic mass is 16.7. The van der Waals surface area contributed by atoms with Crippen LogP contribution in [0.25, 0.3) is 5.76 Å². The first-order valence-electron chi connectivity index (χ1n) is 18.5. The van der Waals surface area contributed by atoms with Crippen LogP contribution in [0.5, 0.6) is 5.75 Å². The second kappa shape index (κ2) is 16.3. The summed E-state index contributed by atoms with van der Waals surface area (Å²) >= 11 is 0. The van der Waals surface area contributed by atoms with E-state index in [9.17, 15) is 49.2 Å². The number of phenolic OH excluding ortho intramolecular Hbond substituents is 1. The van der Waals surface area contributed by atoms with Gasteiger partial charge in [0, 0.05) is 37.8 Å². The van der Waals surface area contributed by atoms with Crippen LogP contribution in [-0.4, -0.2) is 125 Å². The number of unbranched alkanes of at least 4 members (excludes halogenated alkanes) is 1. The average Bonchev–Trinajstić information content (AvgIpc) is 3.12. The number of hydrogen-bond donors (Lipinski definition) is 6. The largest absolute Gasteiger partial charge is 0.508 e. The number of esters is 1. The first-order valence-corrected chi connectivity index (χ1v) is 18.5. The van der Waals surface area contributed by atoms with Crippen LogP contribution in [-0.2, 0) is 39.9 Å². The second-order valence-electron chi connectivity index (χ2n) is 15.2. The molecule has 2 fully saturated rings. The van der Waals surface area contributed by atoms with E-state index in [-0.39, 0.29) is 42.1 Å². The molecule has 4 aliphatic carbocycles. The Labute approximate surface area is 318 Å². The number of Topliss-reactive ketones (excluding diaryl/α,β-unsaturated/α-hetero) is 2. The standard InChI is InChI=1S/C38H51N5O12/c1-6-7-13-43(37(52)55-18-54-36(51)19-11-9-8-10-12-19)17-25(44)40-23-16-24(41(2)3)21-14-20-15-22-29(42(4)5)32(47)28(35(39)50)34(49)38(22,53)33(48)26(20)31(46)27(21)30(23)45/h16,19-20,22,29,45-46,49,53H,6-15,17-18H2,1-5H3,(H2,39,50)(H,40,44)/t20?,22?,29-,38-/m0/s1. The number of nitrogens with zero attached hydrogens (tertiary/aromatic N) is 3. The van der Waals surface area contributed by atoms with Gasteiger partial charge in [0.2, 0.25) is 18.5 Å². The molecule has 17 heteroatoms. The van der Waals surface area contributed by atoms with E-state index in [2.05, 4.69) is 5.32 Å². The number of phenols is 1. The van der Waals surface area contributed by atoms with E-state index in [1.165, 1.54) is 25.1 Å². The van der Waals surface area contributed by atoms with Crippen LogP contribution >= 0.6 is 0 Å². The fourth-order valence-corrected chi connectivity index (χ4v) is 8.42. The Morgan fingerprint density at radius 3 is 2.29 bits per heavy atom. The molecule has 4 atom stereocenters. The molecule has 2 unspecified atom stereocenters. The van der Waals surface area contributed by atoms with Gasteiger partial charge in [-0.1, -0.05) is 32.6 Å². The molecule has 0 spiro atoms. The highest BCUT2D eigenvalue weighted by Crippen LogP contribution is 2.54. The van der Waals surface area contributed by atoms with Crippen molar-refractivity contribution in [1.29, 1.82) is 0 Å². The van der Waals surface area contributed by atoms with Crippen molar-refractivity contribution in [3.05, 3.63) is 34.1 Å². The lowest BCUT2D eigenvalue weighted by atomic mass is 9.57. The van der Waals surface area contributed by atoms with Crippen molar-refractivity contribution in [3.63, 3.8) is 0 Å². The van der Waals surface area contributed by atoms with Gasteiger partial charge in [-0.15, -0.1) is 0 Å². The summed E-state index contributed by atoms with van der Waals surface area (Å²) in [6.07, 6.45) is 4.63. The zero-order valence-corrected chi connectivity index (χ0v) is 31.8. The van der Waals surface area contributed by atoms with Gasteiger partial charge in [-0.05, 0) is 63.7 Å². The number of amides is 3. The molecule has 17 nitrogen and oxygen atoms in total. The van der Waals surface area contributed by atoms with E-state index < -0.39 is 95.1 Å². The fraction of sp³-hybridized carbons (Fsp3) is 0.579. The number of benzene rings is 1. The zero-order chi connectivity index (χ0) is 40.5. The number of hydrogen-bond acceptors (Lipinski definition) is 14. The fourth-order valence-electron chi connectivity index (χ4n) is 8.42. The maximum Gasteiger partial charge on any atom is 0.413 e. The molecule has 0 heterocycles. The number of aliphatic hydroxyl groups excluding tert-OH is 2. The van der Waals surface area contributed by atoms with Crippen LogP contribution in [0.15, 0.2) is 23.0 Å². The Kier molecular flexibility index (Phi) is 12.1. The monoisotopic (exact) mass is 769 g/mol. The minimum atomic E-state index is -2.80. The quantitative estimate of drug-likeness (QED) is 0.0773. The van der Waals surface area contributed by atoms with Crippen LogP contribution in [0, 0.1) is 17.8 Å². The number of ketones is 2. The molecule has 5 rings (SSSR count). The summed E-state index contributed by atoms with van der Waals surface area (Å²) in [5.74, 6) is -9.31. The average molecular weight is 770 g/mol. The number of aromatic hydroxyl groups is 1. The lowest BCUT2D eigenvalue weighted by Gasteiger charge is -2.50. The van der Waals surface area contributed by atoms with E-state index in [0.717, 1.165) is 24.2 Å². The molecular weight excluding hydrogens is 718 g/mol. The summed E-state index contributed by atoms with van der Waals surface area (Å²) in [6, 6.07) is 0.257.